The molecule has 1 saturated carbocycles. The molecule has 1 unspecified atom stereocenters. The maximum atomic E-state index is 15.0. The molecule has 0 saturated heterocycles. The highest BCUT2D eigenvalue weighted by atomic mass is 35.5. The maximum absolute atomic E-state index is 15.0. The fourth-order valence-corrected chi connectivity index (χ4v) is 5.81. The molecule has 1 fully saturated rings. The number of aliphatic hydroxyl groups is 1. The van der Waals surface area contributed by atoms with Crippen molar-refractivity contribution in [3.8, 4) is 0 Å². The van der Waals surface area contributed by atoms with Gasteiger partial charge in [-0.25, -0.2) is 13.2 Å². The Hall–Kier alpha value is -3.14. The Morgan fingerprint density at radius 2 is 1.79 bits per heavy atom. The number of nitrogens with one attached hydrogen (secondary N) is 1. The van der Waals surface area contributed by atoms with Gasteiger partial charge >= 0.3 is 0 Å². The summed E-state index contributed by atoms with van der Waals surface area (Å²) in [5.74, 6) is -2.15. The molecular weight excluding hydrogens is 554 g/mol. The lowest BCUT2D eigenvalue weighted by Crippen LogP contribution is -2.45. The summed E-state index contributed by atoms with van der Waals surface area (Å²) >= 11 is 11.8. The van der Waals surface area contributed by atoms with Gasteiger partial charge in [0.15, 0.2) is 5.60 Å². The van der Waals surface area contributed by atoms with Crippen molar-refractivity contribution >= 4 is 40.7 Å². The van der Waals surface area contributed by atoms with E-state index in [0.29, 0.717) is 31.4 Å². The minimum atomic E-state index is -2.92. The van der Waals surface area contributed by atoms with Crippen molar-refractivity contribution < 1.29 is 27.9 Å². The predicted molar refractivity (Wildman–Crippen MR) is 141 cm³/mol. The Morgan fingerprint density at radius 1 is 1.10 bits per heavy atom. The second kappa shape index (κ2) is 10.8. The molecule has 2 amide bonds. The zero-order chi connectivity index (χ0) is 27.9. The van der Waals surface area contributed by atoms with Gasteiger partial charge in [-0.3, -0.25) is 14.6 Å². The van der Waals surface area contributed by atoms with Gasteiger partial charge < -0.3 is 15.3 Å². The molecule has 2 aromatic carbocycles. The number of carbonyl (C=O) groups excluding carboxylic acids is 2. The third-order valence-electron chi connectivity index (χ3n) is 7.44. The van der Waals surface area contributed by atoms with Gasteiger partial charge in [0.05, 0.1) is 21.3 Å². The van der Waals surface area contributed by atoms with Gasteiger partial charge in [0.2, 0.25) is 0 Å². The summed E-state index contributed by atoms with van der Waals surface area (Å²) in [6.07, 6.45) is 0.548. The van der Waals surface area contributed by atoms with E-state index in [9.17, 15) is 27.9 Å². The molecule has 3 aromatic rings. The number of aromatic nitrogens is 1. The summed E-state index contributed by atoms with van der Waals surface area (Å²) in [5, 5.41) is 14.3. The van der Waals surface area contributed by atoms with Gasteiger partial charge in [-0.1, -0.05) is 53.5 Å². The first-order valence-electron chi connectivity index (χ1n) is 12.4. The highest BCUT2D eigenvalue weighted by Gasteiger charge is 2.52. The number of carbonyl (C=O) groups is 2. The van der Waals surface area contributed by atoms with Gasteiger partial charge in [0, 0.05) is 29.9 Å². The molecule has 1 aromatic heterocycles. The predicted octanol–water partition coefficient (Wildman–Crippen LogP) is 6.04. The van der Waals surface area contributed by atoms with Crippen molar-refractivity contribution in [1.29, 1.82) is 0 Å². The zero-order valence-corrected chi connectivity index (χ0v) is 22.0. The van der Waals surface area contributed by atoms with Crippen LogP contribution in [0.5, 0.6) is 0 Å². The molecular formula is C28H24Cl2F3N3O3. The van der Waals surface area contributed by atoms with Crippen LogP contribution in [0.2, 0.25) is 10.0 Å². The molecule has 2 aliphatic rings. The number of rotatable bonds is 6. The second-order valence-electron chi connectivity index (χ2n) is 9.82. The van der Waals surface area contributed by atoms with Crippen LogP contribution in [0.25, 0.3) is 0 Å². The Morgan fingerprint density at radius 3 is 2.51 bits per heavy atom. The van der Waals surface area contributed by atoms with Crippen LogP contribution in [0, 0.1) is 11.7 Å². The fourth-order valence-electron chi connectivity index (χ4n) is 5.48. The number of fused-ring (bicyclic) bond motifs is 1. The SMILES string of the molecule is O=C(NC1CCC(CN2C(=O)C(O)(c3cccc(Cl)c3F)c3ccccc32)CC1)c1cc(Cl)cnc1C(F)F. The number of hydrogen-bond donors (Lipinski definition) is 2. The second-order valence-corrected chi connectivity index (χ2v) is 10.7. The van der Waals surface area contributed by atoms with Crippen LogP contribution >= 0.6 is 23.2 Å². The first-order chi connectivity index (χ1) is 18.6. The van der Waals surface area contributed by atoms with Gasteiger partial charge in [-0.2, -0.15) is 0 Å². The molecule has 6 nitrogen and oxygen atoms in total. The van der Waals surface area contributed by atoms with E-state index >= 15 is 0 Å². The van der Waals surface area contributed by atoms with Crippen molar-refractivity contribution in [1.82, 2.24) is 10.3 Å². The number of nitrogens with zero attached hydrogens (tertiary/aromatic N) is 2. The van der Waals surface area contributed by atoms with E-state index in [-0.39, 0.29) is 45.2 Å². The molecule has 5 rings (SSSR count). The normalized spacial score (nSPS) is 22.7. The van der Waals surface area contributed by atoms with Crippen molar-refractivity contribution in [2.75, 3.05) is 11.4 Å². The monoisotopic (exact) mass is 577 g/mol. The van der Waals surface area contributed by atoms with Gasteiger partial charge in [-0.15, -0.1) is 0 Å². The third kappa shape index (κ3) is 4.99. The summed E-state index contributed by atoms with van der Waals surface area (Å²) < 4.78 is 41.6. The Bertz CT molecular complexity index is 1430. The van der Waals surface area contributed by atoms with Crippen LogP contribution in [0.4, 0.5) is 18.9 Å². The van der Waals surface area contributed by atoms with E-state index in [1.165, 1.54) is 29.2 Å². The van der Waals surface area contributed by atoms with E-state index in [2.05, 4.69) is 10.3 Å². The summed E-state index contributed by atoms with van der Waals surface area (Å²) in [5.41, 5.74) is -2.54. The van der Waals surface area contributed by atoms with Gasteiger partial charge in [0.25, 0.3) is 18.2 Å². The van der Waals surface area contributed by atoms with Gasteiger partial charge in [-0.05, 0) is 49.8 Å². The maximum Gasteiger partial charge on any atom is 0.281 e. The zero-order valence-electron chi connectivity index (χ0n) is 20.5. The summed E-state index contributed by atoms with van der Waals surface area (Å²) in [7, 11) is 0. The van der Waals surface area contributed by atoms with Crippen molar-refractivity contribution in [3.63, 3.8) is 0 Å². The fraction of sp³-hybridized carbons (Fsp3) is 0.321. The molecule has 0 bridgehead atoms. The van der Waals surface area contributed by atoms with Crippen LogP contribution < -0.4 is 10.2 Å². The van der Waals surface area contributed by atoms with E-state index in [1.807, 2.05) is 0 Å². The molecule has 0 radical (unpaired) electrons. The highest BCUT2D eigenvalue weighted by molar-refractivity contribution is 6.31. The van der Waals surface area contributed by atoms with E-state index in [1.54, 1.807) is 24.3 Å². The minimum Gasteiger partial charge on any atom is -0.372 e. The number of benzene rings is 2. The summed E-state index contributed by atoms with van der Waals surface area (Å²) in [4.78, 5) is 31.4. The van der Waals surface area contributed by atoms with Crippen LogP contribution in [0.15, 0.2) is 54.7 Å². The van der Waals surface area contributed by atoms with Crippen LogP contribution in [-0.2, 0) is 10.4 Å². The standard InChI is InChI=1S/C28H24Cl2F3N3O3/c29-16-12-18(24(25(32)33)34-13-16)26(37)35-17-10-8-15(9-11-17)14-36-22-7-2-1-4-19(22)28(39,27(36)38)20-5-3-6-21(30)23(20)31/h1-7,12-13,15,17,25,39H,8-11,14H2,(H,35,37). The molecule has 1 atom stereocenters. The lowest BCUT2D eigenvalue weighted by Gasteiger charge is -2.32. The average molecular weight is 578 g/mol. The third-order valence-corrected chi connectivity index (χ3v) is 7.94. The molecule has 1 aliphatic carbocycles. The van der Waals surface area contributed by atoms with E-state index < -0.39 is 35.4 Å². The first-order valence-corrected chi connectivity index (χ1v) is 13.2. The summed E-state index contributed by atoms with van der Waals surface area (Å²) in [6, 6.07) is 11.8. The highest BCUT2D eigenvalue weighted by Crippen LogP contribution is 2.46. The molecule has 11 heteroatoms. The Labute approximate surface area is 232 Å². The van der Waals surface area contributed by atoms with Gasteiger partial charge in [0.1, 0.15) is 11.5 Å². The van der Waals surface area contributed by atoms with Crippen molar-refractivity contribution in [2.45, 2.75) is 43.8 Å². The first kappa shape index (κ1) is 27.4. The average Bonchev–Trinajstić information content (AvgIpc) is 3.13. The molecule has 204 valence electrons. The Kier molecular flexibility index (Phi) is 7.59. The minimum absolute atomic E-state index is 0.0335. The molecule has 2 heterocycles. The van der Waals surface area contributed by atoms with Crippen LogP contribution in [-0.4, -0.2) is 34.5 Å². The lowest BCUT2D eigenvalue weighted by molar-refractivity contribution is -0.132. The number of alkyl halides is 2. The topological polar surface area (TPSA) is 82.5 Å². The Balaban J connectivity index is 1.29. The number of hydrogen-bond acceptors (Lipinski definition) is 4. The van der Waals surface area contributed by atoms with Crippen molar-refractivity contribution in [3.05, 3.63) is 93.0 Å². The van der Waals surface area contributed by atoms with Crippen LogP contribution in [0.1, 0.15) is 59.3 Å². The smallest absolute Gasteiger partial charge is 0.281 e. The number of amides is 2. The molecule has 2 N–H and O–H groups in total. The number of halogens is 5. The largest absolute Gasteiger partial charge is 0.372 e. The quantitative estimate of drug-likeness (QED) is 0.374. The summed E-state index contributed by atoms with van der Waals surface area (Å²) in [6.45, 7) is 0.286. The van der Waals surface area contributed by atoms with E-state index in [4.69, 9.17) is 23.2 Å². The van der Waals surface area contributed by atoms with E-state index in [0.717, 1.165) is 6.20 Å². The number of para-hydroxylation sites is 1. The van der Waals surface area contributed by atoms with Crippen molar-refractivity contribution in [2.24, 2.45) is 5.92 Å². The molecule has 0 spiro atoms. The number of pyridine rings is 1. The molecule has 1 aliphatic heterocycles. The van der Waals surface area contributed by atoms with Crippen LogP contribution in [0.3, 0.4) is 0 Å². The molecule has 39 heavy (non-hydrogen) atoms. The number of anilines is 1. The lowest BCUT2D eigenvalue weighted by atomic mass is 9.85.